The highest BCUT2D eigenvalue weighted by Crippen LogP contribution is 2.41. The number of rotatable bonds is 4. The van der Waals surface area contributed by atoms with Gasteiger partial charge in [-0.05, 0) is 58.7 Å². The maximum absolute atomic E-state index is 6.39. The first-order valence-corrected chi connectivity index (χ1v) is 19.0. The molecule has 7 aromatic carbocycles. The molecule has 6 heteroatoms. The van der Waals surface area contributed by atoms with Gasteiger partial charge >= 0.3 is 0 Å². The van der Waals surface area contributed by atoms with Crippen molar-refractivity contribution in [2.24, 2.45) is 0 Å². The topological polar surface area (TPSA) is 49.2 Å². The van der Waals surface area contributed by atoms with Gasteiger partial charge in [-0.1, -0.05) is 115 Å². The van der Waals surface area contributed by atoms with E-state index < -0.39 is 0 Å². The quantitative estimate of drug-likeness (QED) is 0.172. The third-order valence-corrected chi connectivity index (χ3v) is 12.7. The van der Waals surface area contributed by atoms with Gasteiger partial charge in [0.15, 0.2) is 0 Å². The Morgan fingerprint density at radius 1 is 0.392 bits per heavy atom. The van der Waals surface area contributed by atoms with Crippen LogP contribution in [0.3, 0.4) is 0 Å². The minimum atomic E-state index is -0.0659. The standard InChI is InChI=1S/C45H31N3OS2/c1-2-9-26(10-3-1)43-46-44(48-45(47-43)29-18-21-33-32-12-5-7-16-38(32)50-41(33)25-29)28-19-22-39-36(23-28)34-20-17-27(24-40(34)51-39)30-13-8-14-35-31-11-4-6-15-37(31)49-42(30)35/h1-25,43-48H. The predicted octanol–water partition coefficient (Wildman–Crippen LogP) is 12.2. The summed E-state index contributed by atoms with van der Waals surface area (Å²) in [5, 5.41) is 19.2. The molecule has 10 aromatic rings. The maximum Gasteiger partial charge on any atom is 0.143 e. The lowest BCUT2D eigenvalue weighted by Crippen LogP contribution is -2.54. The molecule has 1 aliphatic heterocycles. The van der Waals surface area contributed by atoms with Crippen molar-refractivity contribution < 1.29 is 4.42 Å². The van der Waals surface area contributed by atoms with Gasteiger partial charge in [-0.2, -0.15) is 0 Å². The van der Waals surface area contributed by atoms with Gasteiger partial charge in [0.2, 0.25) is 0 Å². The first kappa shape index (κ1) is 29.4. The van der Waals surface area contributed by atoms with Gasteiger partial charge in [0.25, 0.3) is 0 Å². The molecule has 0 spiro atoms. The third kappa shape index (κ3) is 4.83. The second kappa shape index (κ2) is 11.6. The van der Waals surface area contributed by atoms with Crippen LogP contribution in [0.1, 0.15) is 35.2 Å². The fourth-order valence-electron chi connectivity index (χ4n) is 7.91. The van der Waals surface area contributed by atoms with Crippen molar-refractivity contribution in [1.29, 1.82) is 0 Å². The van der Waals surface area contributed by atoms with E-state index in [1.807, 2.05) is 34.8 Å². The van der Waals surface area contributed by atoms with Gasteiger partial charge in [-0.3, -0.25) is 16.0 Å². The van der Waals surface area contributed by atoms with Crippen LogP contribution < -0.4 is 16.0 Å². The smallest absolute Gasteiger partial charge is 0.143 e. The van der Waals surface area contributed by atoms with E-state index in [0.717, 1.165) is 27.5 Å². The summed E-state index contributed by atoms with van der Waals surface area (Å²) in [6.07, 6.45) is -0.141. The Kier molecular flexibility index (Phi) is 6.69. The molecule has 51 heavy (non-hydrogen) atoms. The zero-order valence-corrected chi connectivity index (χ0v) is 29.0. The molecule has 3 aromatic heterocycles. The van der Waals surface area contributed by atoms with Crippen LogP contribution in [0.15, 0.2) is 156 Å². The molecule has 0 amide bonds. The van der Waals surface area contributed by atoms with E-state index in [4.69, 9.17) is 4.42 Å². The monoisotopic (exact) mass is 693 g/mol. The fourth-order valence-corrected chi connectivity index (χ4v) is 10.2. The molecule has 11 rings (SSSR count). The van der Waals surface area contributed by atoms with Crippen molar-refractivity contribution >= 4 is 85.0 Å². The Balaban J connectivity index is 0.975. The summed E-state index contributed by atoms with van der Waals surface area (Å²) < 4.78 is 11.6. The summed E-state index contributed by atoms with van der Waals surface area (Å²) in [6.45, 7) is 0. The van der Waals surface area contributed by atoms with Crippen molar-refractivity contribution in [3.63, 3.8) is 0 Å². The molecule has 3 atom stereocenters. The summed E-state index contributed by atoms with van der Waals surface area (Å²) in [7, 11) is 0. The lowest BCUT2D eigenvalue weighted by atomic mass is 10.00. The normalized spacial score (nSPS) is 18.2. The molecule has 1 aliphatic rings. The Bertz CT molecular complexity index is 2940. The Morgan fingerprint density at radius 3 is 1.86 bits per heavy atom. The molecule has 0 aliphatic carbocycles. The number of hydrogen-bond donors (Lipinski definition) is 3. The molecule has 4 heterocycles. The molecule has 0 radical (unpaired) electrons. The largest absolute Gasteiger partial charge is 0.455 e. The molecule has 0 bridgehead atoms. The lowest BCUT2D eigenvalue weighted by Gasteiger charge is -2.39. The lowest BCUT2D eigenvalue weighted by molar-refractivity contribution is 0.203. The van der Waals surface area contributed by atoms with E-state index in [-0.39, 0.29) is 18.5 Å². The molecule has 1 saturated heterocycles. The first-order valence-electron chi connectivity index (χ1n) is 17.3. The van der Waals surface area contributed by atoms with E-state index in [0.29, 0.717) is 0 Å². The molecule has 0 saturated carbocycles. The summed E-state index contributed by atoms with van der Waals surface area (Å²) in [4.78, 5) is 0. The zero-order chi connectivity index (χ0) is 33.5. The highest BCUT2D eigenvalue weighted by atomic mass is 32.1. The van der Waals surface area contributed by atoms with E-state index in [1.54, 1.807) is 0 Å². The number of thiophene rings is 2. The van der Waals surface area contributed by atoms with E-state index in [9.17, 15) is 0 Å². The second-order valence-corrected chi connectivity index (χ2v) is 15.6. The van der Waals surface area contributed by atoms with Gasteiger partial charge in [-0.15, -0.1) is 22.7 Å². The fraction of sp³-hybridized carbons (Fsp3) is 0.0667. The van der Waals surface area contributed by atoms with Crippen LogP contribution in [0, 0.1) is 0 Å². The highest BCUT2D eigenvalue weighted by molar-refractivity contribution is 7.26. The second-order valence-electron chi connectivity index (χ2n) is 13.4. The number of benzene rings is 7. The average molecular weight is 694 g/mol. The van der Waals surface area contributed by atoms with Crippen molar-refractivity contribution in [3.8, 4) is 11.1 Å². The van der Waals surface area contributed by atoms with Gasteiger partial charge in [0, 0.05) is 56.7 Å². The Labute approximate surface area is 302 Å². The molecule has 3 unspecified atom stereocenters. The summed E-state index contributed by atoms with van der Waals surface area (Å²) in [6, 6.07) is 54.8. The molecular weight excluding hydrogens is 663 g/mol. The average Bonchev–Trinajstić information content (AvgIpc) is 3.88. The summed E-state index contributed by atoms with van der Waals surface area (Å²) >= 11 is 3.71. The van der Waals surface area contributed by atoms with Gasteiger partial charge in [0.1, 0.15) is 11.2 Å². The molecular formula is C45H31N3OS2. The minimum Gasteiger partial charge on any atom is -0.455 e. The van der Waals surface area contributed by atoms with Crippen LogP contribution in [0.25, 0.3) is 73.4 Å². The third-order valence-electron chi connectivity index (χ3n) is 10.4. The van der Waals surface area contributed by atoms with Crippen LogP contribution in [-0.4, -0.2) is 0 Å². The number of para-hydroxylation sites is 2. The van der Waals surface area contributed by atoms with Gasteiger partial charge in [0.05, 0.1) is 18.5 Å². The van der Waals surface area contributed by atoms with Crippen LogP contribution in [0.2, 0.25) is 0 Å². The van der Waals surface area contributed by atoms with E-state index in [2.05, 4.69) is 155 Å². The number of furan rings is 1. The summed E-state index contributed by atoms with van der Waals surface area (Å²) in [5.41, 5.74) is 7.82. The van der Waals surface area contributed by atoms with Crippen molar-refractivity contribution in [3.05, 3.63) is 168 Å². The van der Waals surface area contributed by atoms with Gasteiger partial charge in [-0.25, -0.2) is 0 Å². The first-order chi connectivity index (χ1) is 25.2. The zero-order valence-electron chi connectivity index (χ0n) is 27.4. The Hall–Kier alpha value is -5.34. The number of hydrogen-bond acceptors (Lipinski definition) is 6. The van der Waals surface area contributed by atoms with Crippen molar-refractivity contribution in [2.45, 2.75) is 18.5 Å². The number of nitrogens with one attached hydrogen (secondary N) is 3. The number of fused-ring (bicyclic) bond motifs is 9. The van der Waals surface area contributed by atoms with E-state index in [1.165, 1.54) is 62.6 Å². The van der Waals surface area contributed by atoms with E-state index >= 15 is 0 Å². The summed E-state index contributed by atoms with van der Waals surface area (Å²) in [5.74, 6) is 0. The van der Waals surface area contributed by atoms with Crippen LogP contribution >= 0.6 is 22.7 Å². The predicted molar refractivity (Wildman–Crippen MR) is 215 cm³/mol. The van der Waals surface area contributed by atoms with Crippen LogP contribution in [0.5, 0.6) is 0 Å². The molecule has 1 fully saturated rings. The molecule has 3 N–H and O–H groups in total. The highest BCUT2D eigenvalue weighted by Gasteiger charge is 2.30. The van der Waals surface area contributed by atoms with Crippen molar-refractivity contribution in [1.82, 2.24) is 16.0 Å². The maximum atomic E-state index is 6.39. The Morgan fingerprint density at radius 2 is 1.00 bits per heavy atom. The van der Waals surface area contributed by atoms with Crippen molar-refractivity contribution in [2.75, 3.05) is 0 Å². The van der Waals surface area contributed by atoms with Crippen LogP contribution in [-0.2, 0) is 0 Å². The molecule has 244 valence electrons. The minimum absolute atomic E-state index is 0.0287. The van der Waals surface area contributed by atoms with Crippen LogP contribution in [0.4, 0.5) is 0 Å². The molecule has 4 nitrogen and oxygen atoms in total. The van der Waals surface area contributed by atoms with Gasteiger partial charge < -0.3 is 4.42 Å². The SMILES string of the molecule is c1ccc(C2NC(c3ccc4c(c3)sc3ccccc34)NC(c3ccc4sc5cc(-c6cccc7c6oc6ccccc67)ccc5c4c3)N2)cc1.